The first kappa shape index (κ1) is 20.6. The molecule has 1 aliphatic rings. The minimum absolute atomic E-state index is 0.252. The number of benzene rings is 1. The molecule has 0 aliphatic heterocycles. The zero-order valence-electron chi connectivity index (χ0n) is 16.0. The van der Waals surface area contributed by atoms with E-state index >= 15 is 0 Å². The average molecular weight is 374 g/mol. The van der Waals surface area contributed by atoms with Gasteiger partial charge in [-0.05, 0) is 44.9 Å². The van der Waals surface area contributed by atoms with Gasteiger partial charge in [0.1, 0.15) is 5.54 Å². The normalized spacial score (nSPS) is 16.5. The van der Waals surface area contributed by atoms with E-state index in [1.54, 1.807) is 12.1 Å². The van der Waals surface area contributed by atoms with Crippen LogP contribution in [0.1, 0.15) is 56.3 Å². The van der Waals surface area contributed by atoms with Crippen LogP contribution in [0.4, 0.5) is 0 Å². The van der Waals surface area contributed by atoms with Gasteiger partial charge < -0.3 is 19.5 Å². The second kappa shape index (κ2) is 9.26. The van der Waals surface area contributed by atoms with Gasteiger partial charge in [-0.15, -0.1) is 0 Å². The van der Waals surface area contributed by atoms with Crippen molar-refractivity contribution < 1.29 is 23.8 Å². The highest BCUT2D eigenvalue weighted by Crippen LogP contribution is 2.29. The maximum Gasteiger partial charge on any atom is 0.339 e. The summed E-state index contributed by atoms with van der Waals surface area (Å²) in [5.74, 6) is -0.178. The Morgan fingerprint density at radius 3 is 2.56 bits per heavy atom. The van der Waals surface area contributed by atoms with Gasteiger partial charge in [-0.3, -0.25) is 4.79 Å². The molecule has 1 amide bonds. The molecule has 0 aromatic heterocycles. The molecular weight excluding hydrogens is 348 g/mol. The summed E-state index contributed by atoms with van der Waals surface area (Å²) < 4.78 is 15.9. The number of carbonyl (C=O) groups is 2. The lowest BCUT2D eigenvalue weighted by Crippen LogP contribution is -2.52. The third-order valence-electron chi connectivity index (χ3n) is 4.64. The van der Waals surface area contributed by atoms with Crippen LogP contribution >= 0.6 is 0 Å². The van der Waals surface area contributed by atoms with Gasteiger partial charge in [0.15, 0.2) is 17.6 Å². The van der Waals surface area contributed by atoms with E-state index in [9.17, 15) is 14.9 Å². The Morgan fingerprint density at radius 2 is 1.96 bits per heavy atom. The Labute approximate surface area is 159 Å². The Bertz CT molecular complexity index is 720. The van der Waals surface area contributed by atoms with Crippen LogP contribution in [-0.4, -0.2) is 37.2 Å². The van der Waals surface area contributed by atoms with Crippen LogP contribution in [0.3, 0.4) is 0 Å². The van der Waals surface area contributed by atoms with Crippen LogP contribution in [0.2, 0.25) is 0 Å². The molecule has 1 atom stereocenters. The monoisotopic (exact) mass is 374 g/mol. The summed E-state index contributed by atoms with van der Waals surface area (Å²) in [5.41, 5.74) is -0.610. The molecule has 0 spiro atoms. The van der Waals surface area contributed by atoms with Crippen molar-refractivity contribution in [2.75, 3.05) is 13.7 Å². The van der Waals surface area contributed by atoms with E-state index in [1.807, 2.05) is 6.92 Å². The molecule has 0 heterocycles. The van der Waals surface area contributed by atoms with Gasteiger partial charge in [0, 0.05) is 0 Å². The van der Waals surface area contributed by atoms with Gasteiger partial charge in [0.25, 0.3) is 5.91 Å². The number of hydrogen-bond acceptors (Lipinski definition) is 6. The van der Waals surface area contributed by atoms with Crippen LogP contribution in [0.5, 0.6) is 11.5 Å². The molecule has 1 aromatic rings. The van der Waals surface area contributed by atoms with Gasteiger partial charge in [0.05, 0.1) is 25.3 Å². The zero-order chi connectivity index (χ0) is 19.9. The number of carbonyl (C=O) groups excluding carboxylic acids is 2. The number of amides is 1. The minimum atomic E-state index is -1.01. The van der Waals surface area contributed by atoms with Crippen LogP contribution in [-0.2, 0) is 9.53 Å². The lowest BCUT2D eigenvalue weighted by Gasteiger charge is -2.32. The first-order chi connectivity index (χ1) is 12.9. The van der Waals surface area contributed by atoms with Crippen molar-refractivity contribution in [1.82, 2.24) is 5.32 Å². The first-order valence-corrected chi connectivity index (χ1v) is 9.20. The molecule has 1 aromatic carbocycles. The molecule has 0 radical (unpaired) electrons. The van der Waals surface area contributed by atoms with E-state index in [4.69, 9.17) is 14.2 Å². The third kappa shape index (κ3) is 5.13. The highest BCUT2D eigenvalue weighted by molar-refractivity contribution is 5.93. The smallest absolute Gasteiger partial charge is 0.339 e. The topological polar surface area (TPSA) is 97.6 Å². The summed E-state index contributed by atoms with van der Waals surface area (Å²) in [6.07, 6.45) is 3.07. The van der Waals surface area contributed by atoms with Gasteiger partial charge in [0.2, 0.25) is 0 Å². The summed E-state index contributed by atoms with van der Waals surface area (Å²) in [5, 5.41) is 12.2. The highest BCUT2D eigenvalue weighted by Gasteiger charge is 2.35. The fraction of sp³-hybridized carbons (Fsp3) is 0.550. The van der Waals surface area contributed by atoms with E-state index in [-0.39, 0.29) is 5.56 Å². The Balaban J connectivity index is 2.02. The number of nitrogens with zero attached hydrogens (tertiary/aromatic N) is 1. The Hall–Kier alpha value is -2.75. The molecule has 27 heavy (non-hydrogen) atoms. The second-order valence-electron chi connectivity index (χ2n) is 6.59. The number of nitriles is 1. The van der Waals surface area contributed by atoms with E-state index in [2.05, 4.69) is 11.4 Å². The molecule has 7 heteroatoms. The van der Waals surface area contributed by atoms with Crippen molar-refractivity contribution in [1.29, 1.82) is 5.26 Å². The summed E-state index contributed by atoms with van der Waals surface area (Å²) in [7, 11) is 1.48. The number of methoxy groups -OCH3 is 1. The molecule has 0 saturated heterocycles. The molecule has 1 saturated carbocycles. The molecule has 0 bridgehead atoms. The molecule has 1 fully saturated rings. The van der Waals surface area contributed by atoms with E-state index in [0.29, 0.717) is 30.9 Å². The summed E-state index contributed by atoms with van der Waals surface area (Å²) in [6.45, 7) is 3.81. The molecule has 1 aliphatic carbocycles. The van der Waals surface area contributed by atoms with Crippen molar-refractivity contribution in [3.63, 3.8) is 0 Å². The van der Waals surface area contributed by atoms with Crippen LogP contribution < -0.4 is 14.8 Å². The fourth-order valence-electron chi connectivity index (χ4n) is 3.11. The maximum absolute atomic E-state index is 12.4. The molecule has 1 N–H and O–H groups in total. The average Bonchev–Trinajstić information content (AvgIpc) is 2.69. The quantitative estimate of drug-likeness (QED) is 0.737. The predicted octanol–water partition coefficient (Wildman–Crippen LogP) is 2.98. The number of nitrogens with one attached hydrogen (secondary N) is 1. The third-order valence-corrected chi connectivity index (χ3v) is 4.64. The maximum atomic E-state index is 12.4. The van der Waals surface area contributed by atoms with Crippen molar-refractivity contribution in [2.24, 2.45) is 0 Å². The van der Waals surface area contributed by atoms with Crippen molar-refractivity contribution in [3.8, 4) is 17.6 Å². The van der Waals surface area contributed by atoms with Crippen LogP contribution in [0.15, 0.2) is 18.2 Å². The molecule has 146 valence electrons. The van der Waals surface area contributed by atoms with Gasteiger partial charge in [-0.2, -0.15) is 5.26 Å². The summed E-state index contributed by atoms with van der Waals surface area (Å²) in [6, 6.07) is 6.90. The van der Waals surface area contributed by atoms with Gasteiger partial charge >= 0.3 is 5.97 Å². The van der Waals surface area contributed by atoms with E-state index in [0.717, 1.165) is 19.3 Å². The predicted molar refractivity (Wildman–Crippen MR) is 98.6 cm³/mol. The molecule has 2 rings (SSSR count). The number of esters is 1. The summed E-state index contributed by atoms with van der Waals surface area (Å²) >= 11 is 0. The van der Waals surface area contributed by atoms with Crippen molar-refractivity contribution >= 4 is 11.9 Å². The lowest BCUT2D eigenvalue weighted by molar-refractivity contribution is -0.130. The standard InChI is InChI=1S/C20H26N2O5/c1-4-26-16-9-8-15(12-17(16)25-3)19(24)27-14(2)18(23)22-20(13-21)10-6-5-7-11-20/h8-9,12,14H,4-7,10-11H2,1-3H3,(H,22,23)/t14-/m1/s1. The highest BCUT2D eigenvalue weighted by atomic mass is 16.5. The summed E-state index contributed by atoms with van der Waals surface area (Å²) in [4.78, 5) is 24.8. The largest absolute Gasteiger partial charge is 0.493 e. The second-order valence-corrected chi connectivity index (χ2v) is 6.59. The van der Waals surface area contributed by atoms with Gasteiger partial charge in [-0.25, -0.2) is 4.79 Å². The van der Waals surface area contributed by atoms with Crippen LogP contribution in [0.25, 0.3) is 0 Å². The minimum Gasteiger partial charge on any atom is -0.493 e. The van der Waals surface area contributed by atoms with Crippen molar-refractivity contribution in [2.45, 2.75) is 57.6 Å². The zero-order valence-corrected chi connectivity index (χ0v) is 16.0. The fourth-order valence-corrected chi connectivity index (χ4v) is 3.11. The van der Waals surface area contributed by atoms with E-state index in [1.165, 1.54) is 20.1 Å². The Kier molecular flexibility index (Phi) is 7.05. The first-order valence-electron chi connectivity index (χ1n) is 9.20. The van der Waals surface area contributed by atoms with E-state index < -0.39 is 23.5 Å². The SMILES string of the molecule is CCOc1ccc(C(=O)O[C@H](C)C(=O)NC2(C#N)CCCCC2)cc1OC. The number of ether oxygens (including phenoxy) is 3. The number of rotatable bonds is 7. The molecule has 0 unspecified atom stereocenters. The van der Waals surface area contributed by atoms with Gasteiger partial charge in [-0.1, -0.05) is 19.3 Å². The number of hydrogen-bond donors (Lipinski definition) is 1. The molecule has 7 nitrogen and oxygen atoms in total. The van der Waals surface area contributed by atoms with Crippen molar-refractivity contribution in [3.05, 3.63) is 23.8 Å². The van der Waals surface area contributed by atoms with Crippen LogP contribution in [0, 0.1) is 11.3 Å². The Morgan fingerprint density at radius 1 is 1.26 bits per heavy atom. The molecular formula is C20H26N2O5. The lowest BCUT2D eigenvalue weighted by atomic mass is 9.83.